The number of fused-ring (bicyclic) bond motifs is 3. The Balaban J connectivity index is 1.71. The molecule has 0 saturated carbocycles. The van der Waals surface area contributed by atoms with Gasteiger partial charge in [-0.1, -0.05) is 46.3 Å². The lowest BCUT2D eigenvalue weighted by Crippen LogP contribution is -2.45. The van der Waals surface area contributed by atoms with Gasteiger partial charge in [0.15, 0.2) is 0 Å². The second kappa shape index (κ2) is 6.78. The molecule has 2 aromatic carbocycles. The number of allylic oxidation sites excluding steroid dienone is 1. The highest BCUT2D eigenvalue weighted by Crippen LogP contribution is 2.48. The smallest absolute Gasteiger partial charge is 0.0947 e. The SMILES string of the molecule is CC1=C(N2C(C)Cc3c([nH]c4ccccc34)C2c2ccc(Br)cc2)CC1CO. The minimum Gasteiger partial charge on any atom is -0.396 e. The van der Waals surface area contributed by atoms with Crippen LogP contribution in [0.4, 0.5) is 0 Å². The van der Waals surface area contributed by atoms with Gasteiger partial charge in [0.1, 0.15) is 0 Å². The molecule has 3 nitrogen and oxygen atoms in total. The summed E-state index contributed by atoms with van der Waals surface area (Å²) >= 11 is 3.58. The standard InChI is InChI=1S/C24H25BrN2O/c1-14-11-20-19-5-3-4-6-21(19)26-23(20)24(16-7-9-18(25)10-8-16)27(14)22-12-17(13-28)15(22)2/h3-10,14,17,24,26,28H,11-13H2,1-2H3. The van der Waals surface area contributed by atoms with Crippen molar-refractivity contribution >= 4 is 26.8 Å². The Morgan fingerprint density at radius 2 is 1.86 bits per heavy atom. The minimum atomic E-state index is 0.170. The maximum Gasteiger partial charge on any atom is 0.0947 e. The fourth-order valence-corrected chi connectivity index (χ4v) is 5.28. The molecule has 3 unspecified atom stereocenters. The normalized spacial score (nSPS) is 24.4. The first-order valence-corrected chi connectivity index (χ1v) is 10.8. The quantitative estimate of drug-likeness (QED) is 0.564. The second-order valence-corrected chi connectivity index (χ2v) is 9.11. The molecule has 0 fully saturated rings. The highest BCUT2D eigenvalue weighted by molar-refractivity contribution is 9.10. The number of nitrogens with one attached hydrogen (secondary N) is 1. The summed E-state index contributed by atoms with van der Waals surface area (Å²) in [5, 5.41) is 11.0. The number of aromatic amines is 1. The van der Waals surface area contributed by atoms with Gasteiger partial charge in [-0.05, 0) is 61.6 Å². The van der Waals surface area contributed by atoms with E-state index in [0.29, 0.717) is 12.0 Å². The number of H-pyrrole nitrogens is 1. The molecule has 0 radical (unpaired) electrons. The lowest BCUT2D eigenvalue weighted by atomic mass is 9.78. The van der Waals surface area contributed by atoms with Gasteiger partial charge < -0.3 is 15.0 Å². The molecule has 1 aliphatic carbocycles. The number of nitrogens with zero attached hydrogens (tertiary/aromatic N) is 1. The minimum absolute atomic E-state index is 0.170. The Kier molecular flexibility index (Phi) is 4.37. The third kappa shape index (κ3) is 2.66. The molecule has 144 valence electrons. The van der Waals surface area contributed by atoms with Gasteiger partial charge in [0.25, 0.3) is 0 Å². The largest absolute Gasteiger partial charge is 0.396 e. The molecule has 0 bridgehead atoms. The van der Waals surface area contributed by atoms with E-state index in [1.54, 1.807) is 0 Å². The third-order valence-electron chi connectivity index (χ3n) is 6.60. The Hall–Kier alpha value is -2.04. The molecule has 2 aliphatic rings. The van der Waals surface area contributed by atoms with Crippen molar-refractivity contribution in [3.8, 4) is 0 Å². The van der Waals surface area contributed by atoms with Gasteiger partial charge in [0.2, 0.25) is 0 Å². The van der Waals surface area contributed by atoms with Crippen LogP contribution in [-0.2, 0) is 6.42 Å². The topological polar surface area (TPSA) is 39.3 Å². The number of rotatable bonds is 3. The summed E-state index contributed by atoms with van der Waals surface area (Å²) < 4.78 is 1.10. The molecule has 5 rings (SSSR count). The molecule has 0 amide bonds. The van der Waals surface area contributed by atoms with E-state index < -0.39 is 0 Å². The van der Waals surface area contributed by atoms with E-state index in [2.05, 4.69) is 88.2 Å². The van der Waals surface area contributed by atoms with Crippen LogP contribution < -0.4 is 0 Å². The molecule has 1 aliphatic heterocycles. The molecule has 28 heavy (non-hydrogen) atoms. The summed E-state index contributed by atoms with van der Waals surface area (Å²) in [6.45, 7) is 4.77. The molecule has 0 spiro atoms. The van der Waals surface area contributed by atoms with Gasteiger partial charge >= 0.3 is 0 Å². The molecule has 3 atom stereocenters. The highest BCUT2D eigenvalue weighted by atomic mass is 79.9. The van der Waals surface area contributed by atoms with Crippen LogP contribution in [0.3, 0.4) is 0 Å². The predicted molar refractivity (Wildman–Crippen MR) is 117 cm³/mol. The highest BCUT2D eigenvalue weighted by Gasteiger charge is 2.41. The molecule has 1 aromatic heterocycles. The van der Waals surface area contributed by atoms with Crippen LogP contribution in [0.15, 0.2) is 64.3 Å². The first-order valence-electron chi connectivity index (χ1n) is 10.0. The van der Waals surface area contributed by atoms with E-state index in [1.807, 2.05) is 0 Å². The number of aliphatic hydroxyl groups excluding tert-OH is 1. The van der Waals surface area contributed by atoms with Crippen molar-refractivity contribution in [1.29, 1.82) is 0 Å². The van der Waals surface area contributed by atoms with Crippen molar-refractivity contribution in [2.24, 2.45) is 5.92 Å². The monoisotopic (exact) mass is 436 g/mol. The van der Waals surface area contributed by atoms with Gasteiger partial charge in [0, 0.05) is 38.7 Å². The molecular formula is C24H25BrN2O. The third-order valence-corrected chi connectivity index (χ3v) is 7.13. The van der Waals surface area contributed by atoms with Crippen molar-refractivity contribution in [2.45, 2.75) is 38.8 Å². The Morgan fingerprint density at radius 3 is 2.57 bits per heavy atom. The average Bonchev–Trinajstić information content (AvgIpc) is 3.06. The van der Waals surface area contributed by atoms with Crippen LogP contribution in [0.25, 0.3) is 10.9 Å². The van der Waals surface area contributed by atoms with Crippen molar-refractivity contribution < 1.29 is 5.11 Å². The van der Waals surface area contributed by atoms with Crippen molar-refractivity contribution in [1.82, 2.24) is 9.88 Å². The molecule has 3 aromatic rings. The zero-order valence-electron chi connectivity index (χ0n) is 16.2. The second-order valence-electron chi connectivity index (χ2n) is 8.19. The number of halogens is 1. The van der Waals surface area contributed by atoms with E-state index in [0.717, 1.165) is 17.3 Å². The van der Waals surface area contributed by atoms with Gasteiger partial charge in [0.05, 0.1) is 12.6 Å². The van der Waals surface area contributed by atoms with Gasteiger partial charge in [-0.15, -0.1) is 0 Å². The lowest BCUT2D eigenvalue weighted by Gasteiger charge is -2.49. The summed E-state index contributed by atoms with van der Waals surface area (Å²) in [7, 11) is 0. The fraction of sp³-hybridized carbons (Fsp3) is 0.333. The average molecular weight is 437 g/mol. The summed E-state index contributed by atoms with van der Waals surface area (Å²) in [5.41, 5.74) is 8.03. The molecule has 4 heteroatoms. The van der Waals surface area contributed by atoms with E-state index in [4.69, 9.17) is 0 Å². The summed E-state index contributed by atoms with van der Waals surface area (Å²) in [6, 6.07) is 17.9. The van der Waals surface area contributed by atoms with E-state index in [9.17, 15) is 5.11 Å². The summed E-state index contributed by atoms with van der Waals surface area (Å²) in [5.74, 6) is 0.317. The van der Waals surface area contributed by atoms with Crippen LogP contribution in [0, 0.1) is 5.92 Å². The van der Waals surface area contributed by atoms with E-state index in [-0.39, 0.29) is 12.6 Å². The number of para-hydroxylation sites is 1. The number of hydrogen-bond acceptors (Lipinski definition) is 2. The van der Waals surface area contributed by atoms with Crippen molar-refractivity contribution in [3.05, 3.63) is 81.1 Å². The Labute approximate surface area is 174 Å². The van der Waals surface area contributed by atoms with Crippen LogP contribution in [0.5, 0.6) is 0 Å². The van der Waals surface area contributed by atoms with Crippen molar-refractivity contribution in [2.75, 3.05) is 6.61 Å². The number of aliphatic hydroxyl groups is 1. The summed E-state index contributed by atoms with van der Waals surface area (Å²) in [6.07, 6.45) is 2.00. The van der Waals surface area contributed by atoms with E-state index in [1.165, 1.54) is 39.0 Å². The van der Waals surface area contributed by atoms with Crippen LogP contribution >= 0.6 is 15.9 Å². The number of hydrogen-bond donors (Lipinski definition) is 2. The Bertz CT molecular complexity index is 1070. The van der Waals surface area contributed by atoms with Gasteiger partial charge in [-0.2, -0.15) is 0 Å². The van der Waals surface area contributed by atoms with Crippen LogP contribution in [0.1, 0.15) is 43.1 Å². The van der Waals surface area contributed by atoms with Crippen LogP contribution in [0.2, 0.25) is 0 Å². The molecular weight excluding hydrogens is 412 g/mol. The van der Waals surface area contributed by atoms with Crippen LogP contribution in [-0.4, -0.2) is 27.6 Å². The van der Waals surface area contributed by atoms with E-state index >= 15 is 0 Å². The molecule has 2 heterocycles. The number of benzene rings is 2. The van der Waals surface area contributed by atoms with Gasteiger partial charge in [-0.3, -0.25) is 0 Å². The maximum atomic E-state index is 9.64. The number of aromatic nitrogens is 1. The zero-order chi connectivity index (χ0) is 19.4. The lowest BCUT2D eigenvalue weighted by molar-refractivity contribution is 0.148. The summed E-state index contributed by atoms with van der Waals surface area (Å²) in [4.78, 5) is 6.35. The fourth-order valence-electron chi connectivity index (χ4n) is 5.02. The predicted octanol–water partition coefficient (Wildman–Crippen LogP) is 5.55. The first kappa shape index (κ1) is 18.0. The first-order chi connectivity index (χ1) is 13.6. The van der Waals surface area contributed by atoms with Crippen molar-refractivity contribution in [3.63, 3.8) is 0 Å². The maximum absolute atomic E-state index is 9.64. The Morgan fingerprint density at radius 1 is 1.11 bits per heavy atom. The zero-order valence-corrected chi connectivity index (χ0v) is 17.8. The molecule has 2 N–H and O–H groups in total. The molecule has 0 saturated heterocycles. The van der Waals surface area contributed by atoms with Gasteiger partial charge in [-0.25, -0.2) is 0 Å².